The average Bonchev–Trinajstić information content (AvgIpc) is 3.29. The van der Waals surface area contributed by atoms with Gasteiger partial charge in [0.2, 0.25) is 5.82 Å². The van der Waals surface area contributed by atoms with Crippen molar-refractivity contribution in [1.29, 1.82) is 0 Å². The van der Waals surface area contributed by atoms with E-state index in [1.165, 1.54) is 12.1 Å². The van der Waals surface area contributed by atoms with Crippen LogP contribution in [-0.4, -0.2) is 33.0 Å². The minimum atomic E-state index is -3.32. The van der Waals surface area contributed by atoms with Crippen LogP contribution >= 0.6 is 0 Å². The van der Waals surface area contributed by atoms with Crippen LogP contribution in [0.2, 0.25) is 0 Å². The number of hydrogen-bond acceptors (Lipinski definition) is 5. The number of tetrazole rings is 1. The first-order chi connectivity index (χ1) is 13.0. The number of aromatic nitrogens is 4. The third kappa shape index (κ3) is 3.07. The van der Waals surface area contributed by atoms with Gasteiger partial charge in [-0.3, -0.25) is 4.99 Å². The maximum atomic E-state index is 15.1. The minimum Gasteiger partial charge on any atom is -0.497 e. The first kappa shape index (κ1) is 17.3. The molecule has 0 amide bonds. The van der Waals surface area contributed by atoms with Crippen molar-refractivity contribution in [3.8, 4) is 5.75 Å². The van der Waals surface area contributed by atoms with Crippen molar-refractivity contribution in [3.05, 3.63) is 70.5 Å². The highest BCUT2D eigenvalue weighted by atomic mass is 19.3. The lowest BCUT2D eigenvalue weighted by Crippen LogP contribution is -2.23. The molecule has 2 heterocycles. The zero-order chi connectivity index (χ0) is 19.0. The summed E-state index contributed by atoms with van der Waals surface area (Å²) in [4.78, 5) is 4.29. The van der Waals surface area contributed by atoms with Crippen LogP contribution in [0.4, 0.5) is 8.78 Å². The molecule has 0 saturated heterocycles. The second-order valence-corrected chi connectivity index (χ2v) is 6.36. The number of halogens is 2. The summed E-state index contributed by atoms with van der Waals surface area (Å²) in [6.07, 6.45) is 0. The van der Waals surface area contributed by atoms with Gasteiger partial charge in [0.1, 0.15) is 5.75 Å². The number of ether oxygens (including phenoxy) is 1. The lowest BCUT2D eigenvalue weighted by Gasteiger charge is -2.17. The normalized spacial score (nSPS) is 13.4. The van der Waals surface area contributed by atoms with Gasteiger partial charge in [0, 0.05) is 16.8 Å². The van der Waals surface area contributed by atoms with Crippen LogP contribution in [0.3, 0.4) is 0 Å². The van der Waals surface area contributed by atoms with Gasteiger partial charge in [-0.25, -0.2) is 4.68 Å². The van der Waals surface area contributed by atoms with Gasteiger partial charge in [-0.2, -0.15) is 8.78 Å². The Morgan fingerprint density at radius 3 is 2.67 bits per heavy atom. The van der Waals surface area contributed by atoms with E-state index in [0.29, 0.717) is 12.3 Å². The zero-order valence-electron chi connectivity index (χ0n) is 14.9. The third-order valence-corrected chi connectivity index (χ3v) is 4.65. The Kier molecular flexibility index (Phi) is 4.18. The fourth-order valence-corrected chi connectivity index (χ4v) is 3.13. The molecule has 0 unspecified atom stereocenters. The molecule has 138 valence electrons. The Morgan fingerprint density at radius 2 is 1.93 bits per heavy atom. The molecule has 0 bridgehead atoms. The fourth-order valence-electron chi connectivity index (χ4n) is 3.13. The van der Waals surface area contributed by atoms with Crippen LogP contribution < -0.4 is 4.74 Å². The Labute approximate surface area is 154 Å². The second-order valence-electron chi connectivity index (χ2n) is 6.36. The van der Waals surface area contributed by atoms with E-state index in [1.807, 2.05) is 6.92 Å². The first-order valence-corrected chi connectivity index (χ1v) is 8.41. The summed E-state index contributed by atoms with van der Waals surface area (Å²) < 4.78 is 36.5. The summed E-state index contributed by atoms with van der Waals surface area (Å²) in [7, 11) is 1.57. The number of alkyl halides is 2. The second kappa shape index (κ2) is 6.53. The molecule has 4 rings (SSSR count). The number of rotatable bonds is 5. The molecule has 0 fully saturated rings. The molecule has 1 aliphatic rings. The summed E-state index contributed by atoms with van der Waals surface area (Å²) >= 11 is 0. The van der Waals surface area contributed by atoms with Crippen LogP contribution in [0.25, 0.3) is 0 Å². The monoisotopic (exact) mass is 369 g/mol. The number of methoxy groups -OCH3 is 1. The predicted octanol–water partition coefficient (Wildman–Crippen LogP) is 3.19. The van der Waals surface area contributed by atoms with Gasteiger partial charge < -0.3 is 4.74 Å². The van der Waals surface area contributed by atoms with E-state index in [0.717, 1.165) is 27.1 Å². The van der Waals surface area contributed by atoms with Crippen molar-refractivity contribution >= 4 is 5.71 Å². The van der Waals surface area contributed by atoms with Crippen LogP contribution in [0.1, 0.15) is 35.0 Å². The van der Waals surface area contributed by atoms with Gasteiger partial charge in [-0.15, -0.1) is 5.10 Å². The van der Waals surface area contributed by atoms with E-state index < -0.39 is 11.7 Å². The Bertz CT molecular complexity index is 1010. The summed E-state index contributed by atoms with van der Waals surface area (Å²) in [5.41, 5.74) is 3.21. The molecule has 1 aliphatic heterocycles. The van der Waals surface area contributed by atoms with Crippen LogP contribution in [0.15, 0.2) is 47.5 Å². The molecule has 6 nitrogen and oxygen atoms in total. The molecule has 1 aromatic heterocycles. The molecule has 0 saturated carbocycles. The van der Waals surface area contributed by atoms with Gasteiger partial charge in [0.15, 0.2) is 0 Å². The van der Waals surface area contributed by atoms with Gasteiger partial charge >= 0.3 is 5.92 Å². The summed E-state index contributed by atoms with van der Waals surface area (Å²) in [5, 5.41) is 10.8. The highest BCUT2D eigenvalue weighted by Crippen LogP contribution is 2.36. The largest absolute Gasteiger partial charge is 0.497 e. The van der Waals surface area contributed by atoms with E-state index in [9.17, 15) is 0 Å². The van der Waals surface area contributed by atoms with Crippen molar-refractivity contribution in [2.24, 2.45) is 4.99 Å². The number of benzene rings is 2. The van der Waals surface area contributed by atoms with Crippen LogP contribution in [0, 0.1) is 0 Å². The Hall–Kier alpha value is -3.16. The molecule has 0 aliphatic carbocycles. The van der Waals surface area contributed by atoms with Crippen LogP contribution in [0.5, 0.6) is 5.75 Å². The quantitative estimate of drug-likeness (QED) is 0.693. The molecule has 2 aromatic carbocycles. The van der Waals surface area contributed by atoms with Crippen molar-refractivity contribution < 1.29 is 13.5 Å². The SMILES string of the molecule is COc1ccc(Cn2nnnc2C(F)(F)c2ccc3c(c2)CN=C3C)cc1. The maximum absolute atomic E-state index is 15.1. The molecule has 0 spiro atoms. The zero-order valence-corrected chi connectivity index (χ0v) is 14.9. The Morgan fingerprint density at radius 1 is 1.15 bits per heavy atom. The molecule has 0 radical (unpaired) electrons. The average molecular weight is 369 g/mol. The molecular formula is C19H17F2N5O. The summed E-state index contributed by atoms with van der Waals surface area (Å²) in [6.45, 7) is 2.43. The lowest BCUT2D eigenvalue weighted by atomic mass is 9.99. The number of hydrogen-bond donors (Lipinski definition) is 0. The predicted molar refractivity (Wildman–Crippen MR) is 95.3 cm³/mol. The number of nitrogens with zero attached hydrogens (tertiary/aromatic N) is 5. The van der Waals surface area contributed by atoms with Crippen molar-refractivity contribution in [1.82, 2.24) is 20.2 Å². The standard InChI is InChI=1S/C19H17F2N5O/c1-12-17-8-5-15(9-14(17)10-22-12)19(20,21)18-23-24-25-26(18)11-13-3-6-16(27-2)7-4-13/h3-9H,10-11H2,1-2H3. The van der Waals surface area contributed by atoms with Gasteiger partial charge in [-0.05, 0) is 46.7 Å². The highest BCUT2D eigenvalue weighted by molar-refractivity contribution is 6.01. The van der Waals surface area contributed by atoms with Crippen molar-refractivity contribution in [2.45, 2.75) is 25.9 Å². The lowest BCUT2D eigenvalue weighted by molar-refractivity contribution is 0.0280. The fraction of sp³-hybridized carbons (Fsp3) is 0.263. The molecule has 27 heavy (non-hydrogen) atoms. The molecule has 0 N–H and O–H groups in total. The number of aliphatic imine (C=N–C) groups is 1. The van der Waals surface area contributed by atoms with E-state index >= 15 is 8.78 Å². The summed E-state index contributed by atoms with van der Waals surface area (Å²) in [5.74, 6) is -3.12. The van der Waals surface area contributed by atoms with E-state index in [2.05, 4.69) is 20.5 Å². The van der Waals surface area contributed by atoms with Gasteiger partial charge in [0.25, 0.3) is 0 Å². The molecule has 0 atom stereocenters. The van der Waals surface area contributed by atoms with E-state index in [4.69, 9.17) is 4.74 Å². The summed E-state index contributed by atoms with van der Waals surface area (Å²) in [6, 6.07) is 11.7. The van der Waals surface area contributed by atoms with E-state index in [-0.39, 0.29) is 12.1 Å². The Balaban J connectivity index is 1.64. The topological polar surface area (TPSA) is 65.2 Å². The number of fused-ring (bicyclic) bond motifs is 1. The first-order valence-electron chi connectivity index (χ1n) is 8.41. The maximum Gasteiger partial charge on any atom is 0.333 e. The van der Waals surface area contributed by atoms with Crippen molar-refractivity contribution in [2.75, 3.05) is 7.11 Å². The minimum absolute atomic E-state index is 0.134. The van der Waals surface area contributed by atoms with Crippen molar-refractivity contribution in [3.63, 3.8) is 0 Å². The molecule has 8 heteroatoms. The van der Waals surface area contributed by atoms with Gasteiger partial charge in [0.05, 0.1) is 20.2 Å². The highest BCUT2D eigenvalue weighted by Gasteiger charge is 2.40. The van der Waals surface area contributed by atoms with E-state index in [1.54, 1.807) is 37.4 Å². The third-order valence-electron chi connectivity index (χ3n) is 4.65. The van der Waals surface area contributed by atoms with Crippen LogP contribution in [-0.2, 0) is 19.0 Å². The molecular weight excluding hydrogens is 352 g/mol. The molecule has 3 aromatic rings. The van der Waals surface area contributed by atoms with Gasteiger partial charge in [-0.1, -0.05) is 24.3 Å². The smallest absolute Gasteiger partial charge is 0.333 e.